The van der Waals surface area contributed by atoms with Crippen LogP contribution in [-0.4, -0.2) is 17.2 Å². The lowest BCUT2D eigenvalue weighted by molar-refractivity contribution is -0.131. The smallest absolute Gasteiger partial charge is 0.328 e. The van der Waals surface area contributed by atoms with Crippen LogP contribution in [0.15, 0.2) is 24.3 Å². The van der Waals surface area contributed by atoms with Crippen LogP contribution < -0.4 is 4.74 Å². The maximum Gasteiger partial charge on any atom is 0.328 e. The van der Waals surface area contributed by atoms with E-state index >= 15 is 0 Å². The molecule has 0 radical (unpaired) electrons. The maximum absolute atomic E-state index is 10.6. The van der Waals surface area contributed by atoms with Crippen molar-refractivity contribution in [2.75, 3.05) is 0 Å². The van der Waals surface area contributed by atoms with E-state index in [4.69, 9.17) is 21.4 Å². The molecule has 0 unspecified atom stereocenters. The summed E-state index contributed by atoms with van der Waals surface area (Å²) in [6, 6.07) is 5.36. The number of benzene rings is 1. The molecular formula is C15H17ClO3. The van der Waals surface area contributed by atoms with Crippen LogP contribution in [0.1, 0.15) is 37.7 Å². The maximum atomic E-state index is 10.6. The third-order valence-electron chi connectivity index (χ3n) is 3.24. The van der Waals surface area contributed by atoms with E-state index in [0.717, 1.165) is 18.9 Å². The van der Waals surface area contributed by atoms with Gasteiger partial charge in [0.25, 0.3) is 0 Å². The summed E-state index contributed by atoms with van der Waals surface area (Å²) in [5.41, 5.74) is 0.709. The van der Waals surface area contributed by atoms with Gasteiger partial charge in [-0.05, 0) is 37.8 Å². The minimum atomic E-state index is -0.983. The van der Waals surface area contributed by atoms with Crippen molar-refractivity contribution in [1.29, 1.82) is 0 Å². The summed E-state index contributed by atoms with van der Waals surface area (Å²) in [5.74, 6) is -0.392. The lowest BCUT2D eigenvalue weighted by atomic mass is 9.97. The van der Waals surface area contributed by atoms with Gasteiger partial charge in [0.1, 0.15) is 5.75 Å². The van der Waals surface area contributed by atoms with Gasteiger partial charge < -0.3 is 9.84 Å². The van der Waals surface area contributed by atoms with E-state index in [2.05, 4.69) is 0 Å². The first kappa shape index (κ1) is 13.9. The largest absolute Gasteiger partial charge is 0.488 e. The van der Waals surface area contributed by atoms with Crippen molar-refractivity contribution < 1.29 is 14.6 Å². The highest BCUT2D eigenvalue weighted by atomic mass is 35.5. The van der Waals surface area contributed by atoms with Crippen LogP contribution in [0.2, 0.25) is 5.02 Å². The van der Waals surface area contributed by atoms with Crippen molar-refractivity contribution in [3.05, 3.63) is 34.9 Å². The zero-order valence-electron chi connectivity index (χ0n) is 10.6. The fourth-order valence-electron chi connectivity index (χ4n) is 2.29. The van der Waals surface area contributed by atoms with Crippen molar-refractivity contribution in [1.82, 2.24) is 0 Å². The Balaban J connectivity index is 2.19. The molecule has 1 saturated carbocycles. The number of carboxylic acid groups (broad SMARTS) is 1. The van der Waals surface area contributed by atoms with Crippen LogP contribution in [0.25, 0.3) is 6.08 Å². The number of hydrogen-bond donors (Lipinski definition) is 1. The van der Waals surface area contributed by atoms with Gasteiger partial charge in [-0.15, -0.1) is 0 Å². The Morgan fingerprint density at radius 1 is 1.32 bits per heavy atom. The molecular weight excluding hydrogens is 264 g/mol. The molecule has 1 N–H and O–H groups in total. The Bertz CT molecular complexity index is 476. The Labute approximate surface area is 117 Å². The number of halogens is 1. The van der Waals surface area contributed by atoms with Gasteiger partial charge in [-0.3, -0.25) is 0 Å². The Morgan fingerprint density at radius 3 is 2.74 bits per heavy atom. The average molecular weight is 281 g/mol. The van der Waals surface area contributed by atoms with Crippen LogP contribution in [0, 0.1) is 0 Å². The molecule has 2 rings (SSSR count). The molecule has 19 heavy (non-hydrogen) atoms. The van der Waals surface area contributed by atoms with Crippen molar-refractivity contribution in [2.45, 2.75) is 38.2 Å². The molecule has 1 aromatic rings. The highest BCUT2D eigenvalue weighted by Gasteiger charge is 2.17. The van der Waals surface area contributed by atoms with Crippen LogP contribution in [0.4, 0.5) is 0 Å². The number of carboxylic acids is 1. The Hall–Kier alpha value is -1.48. The van der Waals surface area contributed by atoms with E-state index in [0.29, 0.717) is 16.3 Å². The van der Waals surface area contributed by atoms with Crippen LogP contribution >= 0.6 is 11.6 Å². The summed E-state index contributed by atoms with van der Waals surface area (Å²) < 4.78 is 5.97. The highest BCUT2D eigenvalue weighted by molar-refractivity contribution is 6.32. The number of carbonyl (C=O) groups is 1. The molecule has 0 aromatic heterocycles. The number of hydrogen-bond acceptors (Lipinski definition) is 2. The summed E-state index contributed by atoms with van der Waals surface area (Å²) >= 11 is 6.16. The molecule has 1 aromatic carbocycles. The normalized spacial score (nSPS) is 16.7. The monoisotopic (exact) mass is 280 g/mol. The lowest BCUT2D eigenvalue weighted by Gasteiger charge is -2.24. The number of para-hydroxylation sites is 1. The van der Waals surface area contributed by atoms with E-state index in [1.54, 1.807) is 12.1 Å². The van der Waals surface area contributed by atoms with Gasteiger partial charge >= 0.3 is 5.97 Å². The molecule has 0 spiro atoms. The van der Waals surface area contributed by atoms with Crippen molar-refractivity contribution in [3.8, 4) is 5.75 Å². The second-order valence-electron chi connectivity index (χ2n) is 4.71. The standard InChI is InChI=1S/C15H17ClO3/c16-13-8-4-5-11(9-10-14(17)18)15(13)19-12-6-2-1-3-7-12/h4-5,8-10,12H,1-3,6-7H2,(H,17,18)/b10-9+. The second kappa shape index (κ2) is 6.62. The molecule has 0 aliphatic heterocycles. The summed E-state index contributed by atoms with van der Waals surface area (Å²) in [6.45, 7) is 0. The molecule has 102 valence electrons. The first-order chi connectivity index (χ1) is 9.16. The van der Waals surface area contributed by atoms with Crippen LogP contribution in [-0.2, 0) is 4.79 Å². The van der Waals surface area contributed by atoms with Gasteiger partial charge in [0.2, 0.25) is 0 Å². The van der Waals surface area contributed by atoms with E-state index in [1.165, 1.54) is 25.3 Å². The third-order valence-corrected chi connectivity index (χ3v) is 3.54. The van der Waals surface area contributed by atoms with E-state index in [9.17, 15) is 4.79 Å². The summed E-state index contributed by atoms with van der Waals surface area (Å²) in [7, 11) is 0. The van der Waals surface area contributed by atoms with Gasteiger partial charge in [-0.2, -0.15) is 0 Å². The highest BCUT2D eigenvalue weighted by Crippen LogP contribution is 2.33. The SMILES string of the molecule is O=C(O)/C=C/c1cccc(Cl)c1OC1CCCCC1. The van der Waals surface area contributed by atoms with E-state index < -0.39 is 5.97 Å². The molecule has 0 bridgehead atoms. The van der Waals surface area contributed by atoms with E-state index in [1.807, 2.05) is 6.07 Å². The van der Waals surface area contributed by atoms with Crippen LogP contribution in [0.3, 0.4) is 0 Å². The minimum absolute atomic E-state index is 0.186. The van der Waals surface area contributed by atoms with Crippen molar-refractivity contribution >= 4 is 23.6 Å². The predicted octanol–water partition coefficient (Wildman–Crippen LogP) is 4.15. The number of ether oxygens (including phenoxy) is 1. The van der Waals surface area contributed by atoms with Crippen molar-refractivity contribution in [2.24, 2.45) is 0 Å². The second-order valence-corrected chi connectivity index (χ2v) is 5.11. The quantitative estimate of drug-likeness (QED) is 0.843. The van der Waals surface area contributed by atoms with Gasteiger partial charge in [-0.25, -0.2) is 4.79 Å². The van der Waals surface area contributed by atoms with E-state index in [-0.39, 0.29) is 6.10 Å². The van der Waals surface area contributed by atoms with Gasteiger partial charge in [0, 0.05) is 11.6 Å². The summed E-state index contributed by atoms with van der Waals surface area (Å²) in [5, 5.41) is 9.22. The third kappa shape index (κ3) is 4.00. The van der Waals surface area contributed by atoms with Gasteiger partial charge in [0.15, 0.2) is 0 Å². The first-order valence-corrected chi connectivity index (χ1v) is 6.91. The number of aliphatic carboxylic acids is 1. The molecule has 4 heteroatoms. The molecule has 0 amide bonds. The zero-order valence-corrected chi connectivity index (χ0v) is 11.4. The molecule has 1 aliphatic rings. The summed E-state index contributed by atoms with van der Waals surface area (Å²) in [4.78, 5) is 10.6. The molecule has 3 nitrogen and oxygen atoms in total. The molecule has 1 fully saturated rings. The average Bonchev–Trinajstić information content (AvgIpc) is 2.40. The zero-order chi connectivity index (χ0) is 13.7. The Kier molecular flexibility index (Phi) is 4.86. The minimum Gasteiger partial charge on any atom is -0.488 e. The fourth-order valence-corrected chi connectivity index (χ4v) is 2.52. The summed E-state index contributed by atoms with van der Waals surface area (Å²) in [6.07, 6.45) is 8.48. The Morgan fingerprint density at radius 2 is 2.05 bits per heavy atom. The van der Waals surface area contributed by atoms with Crippen molar-refractivity contribution in [3.63, 3.8) is 0 Å². The fraction of sp³-hybridized carbons (Fsp3) is 0.400. The topological polar surface area (TPSA) is 46.5 Å². The van der Waals surface area contributed by atoms with Gasteiger partial charge in [-0.1, -0.05) is 30.2 Å². The van der Waals surface area contributed by atoms with Crippen LogP contribution in [0.5, 0.6) is 5.75 Å². The lowest BCUT2D eigenvalue weighted by Crippen LogP contribution is -2.20. The molecule has 0 heterocycles. The molecule has 0 atom stereocenters. The molecule has 1 aliphatic carbocycles. The molecule has 0 saturated heterocycles. The van der Waals surface area contributed by atoms with Gasteiger partial charge in [0.05, 0.1) is 11.1 Å². The number of rotatable bonds is 4. The predicted molar refractivity (Wildman–Crippen MR) is 75.6 cm³/mol. The first-order valence-electron chi connectivity index (χ1n) is 6.53.